The van der Waals surface area contributed by atoms with Crippen LogP contribution >= 0.6 is 0 Å². The normalized spacial score (nSPS) is 27.3. The maximum atomic E-state index is 2.72. The Morgan fingerprint density at radius 1 is 0.342 bits per heavy atom. The van der Waals surface area contributed by atoms with Gasteiger partial charge in [0.25, 0.3) is 0 Å². The maximum Gasteiger partial charge on any atom is 0.0528 e. The Labute approximate surface area is 436 Å². The van der Waals surface area contributed by atoms with E-state index in [1.54, 1.807) is 0 Å². The highest BCUT2D eigenvalue weighted by molar-refractivity contribution is 6.19. The number of anilines is 4. The smallest absolute Gasteiger partial charge is 0.0528 e. The molecule has 0 aromatic heterocycles. The molecule has 0 bridgehead atoms. The second-order valence-electron chi connectivity index (χ2n) is 27.8. The van der Waals surface area contributed by atoms with E-state index in [9.17, 15) is 0 Å². The van der Waals surface area contributed by atoms with E-state index in [-0.39, 0.29) is 49.0 Å². The molecule has 8 aromatic carbocycles. The fourth-order valence-electron chi connectivity index (χ4n) is 18.5. The zero-order chi connectivity index (χ0) is 51.3. The van der Waals surface area contributed by atoms with Crippen molar-refractivity contribution in [2.75, 3.05) is 9.80 Å². The molecule has 2 heterocycles. The molecule has 73 heavy (non-hydrogen) atoms. The van der Waals surface area contributed by atoms with Gasteiger partial charge in [0.1, 0.15) is 0 Å². The summed E-state index contributed by atoms with van der Waals surface area (Å²) < 4.78 is 0. The van der Waals surface area contributed by atoms with E-state index in [1.807, 2.05) is 0 Å². The van der Waals surface area contributed by atoms with Crippen LogP contribution in [0.2, 0.25) is 0 Å². The highest BCUT2D eigenvalue weighted by Crippen LogP contribution is 2.72. The Morgan fingerprint density at radius 3 is 1.25 bits per heavy atom. The number of fused-ring (bicyclic) bond motifs is 14. The summed E-state index contributed by atoms with van der Waals surface area (Å²) in [5.74, 6) is 0. The molecule has 0 N–H and O–H groups in total. The number of nitrogens with zero attached hydrogens (tertiary/aromatic N) is 2. The molecule has 2 aliphatic heterocycles. The third-order valence-corrected chi connectivity index (χ3v) is 21.2. The van der Waals surface area contributed by atoms with Gasteiger partial charge in [-0.3, -0.25) is 0 Å². The van der Waals surface area contributed by atoms with Crippen molar-refractivity contribution >= 4 is 44.3 Å². The van der Waals surface area contributed by atoms with Crippen LogP contribution in [0.5, 0.6) is 0 Å². The average Bonchev–Trinajstić information content (AvgIpc) is 3.79. The van der Waals surface area contributed by atoms with Gasteiger partial charge in [0.2, 0.25) is 0 Å². The molecule has 8 aromatic rings. The minimum Gasteiger partial charge on any atom is -0.334 e. The molecule has 0 saturated heterocycles. The fourth-order valence-corrected chi connectivity index (χ4v) is 18.5. The Morgan fingerprint density at radius 2 is 0.753 bits per heavy atom. The van der Waals surface area contributed by atoms with E-state index in [2.05, 4.69) is 264 Å². The van der Waals surface area contributed by atoms with Gasteiger partial charge in [-0.05, 0) is 199 Å². The number of benzene rings is 8. The number of para-hydroxylation sites is 2. The monoisotopic (exact) mass is 957 g/mol. The van der Waals surface area contributed by atoms with Gasteiger partial charge >= 0.3 is 0 Å². The number of rotatable bonds is 4. The van der Waals surface area contributed by atoms with Gasteiger partial charge in [-0.2, -0.15) is 0 Å². The quantitative estimate of drug-likeness (QED) is 0.162. The Balaban J connectivity index is 0.935. The van der Waals surface area contributed by atoms with Gasteiger partial charge in [-0.15, -0.1) is 0 Å². The van der Waals surface area contributed by atoms with E-state index >= 15 is 0 Å². The SMILES string of the molecule is CC1(C)CC(C)(C)C2(C)c3cc(-c4ccc5c(c4)C(C)(C)c4c-5c5ccccc5c5cc(-c6ccc7c(c6)C6(C)C(C)(C)CC(C)(C)CC6(C)N7c6ccccc6)ccc45)ccc3N(c3ccccc3)C2(C)C1. The highest BCUT2D eigenvalue weighted by Gasteiger charge is 2.69. The molecular formula is C71H76N2. The van der Waals surface area contributed by atoms with Crippen LogP contribution in [-0.2, 0) is 16.2 Å². The van der Waals surface area contributed by atoms with Crippen molar-refractivity contribution in [3.63, 3.8) is 0 Å². The summed E-state index contributed by atoms with van der Waals surface area (Å²) in [6, 6.07) is 61.4. The molecule has 5 aliphatic rings. The van der Waals surface area contributed by atoms with Crippen LogP contribution in [-0.4, -0.2) is 11.1 Å². The van der Waals surface area contributed by atoms with Crippen molar-refractivity contribution in [3.8, 4) is 33.4 Å². The van der Waals surface area contributed by atoms with Gasteiger partial charge < -0.3 is 9.80 Å². The molecule has 13 rings (SSSR count). The van der Waals surface area contributed by atoms with Gasteiger partial charge in [0.05, 0.1) is 11.1 Å². The summed E-state index contributed by atoms with van der Waals surface area (Å²) in [6.07, 6.45) is 4.62. The van der Waals surface area contributed by atoms with Crippen LogP contribution in [0.25, 0.3) is 54.9 Å². The molecule has 0 radical (unpaired) electrons. The van der Waals surface area contributed by atoms with Crippen LogP contribution in [0.3, 0.4) is 0 Å². The largest absolute Gasteiger partial charge is 0.334 e. The molecule has 0 spiro atoms. The third-order valence-electron chi connectivity index (χ3n) is 21.2. The summed E-state index contributed by atoms with van der Waals surface area (Å²) in [5.41, 5.74) is 19.1. The number of hydrogen-bond acceptors (Lipinski definition) is 2. The summed E-state index contributed by atoms with van der Waals surface area (Å²) in [7, 11) is 0. The summed E-state index contributed by atoms with van der Waals surface area (Å²) >= 11 is 0. The van der Waals surface area contributed by atoms with E-state index in [0.717, 1.165) is 12.8 Å². The molecule has 2 heteroatoms. The van der Waals surface area contributed by atoms with Crippen molar-refractivity contribution in [3.05, 3.63) is 180 Å². The Bertz CT molecular complexity index is 3630. The maximum absolute atomic E-state index is 2.72. The van der Waals surface area contributed by atoms with Crippen molar-refractivity contribution in [1.29, 1.82) is 0 Å². The van der Waals surface area contributed by atoms with E-state index in [4.69, 9.17) is 0 Å². The van der Waals surface area contributed by atoms with Crippen molar-refractivity contribution in [2.24, 2.45) is 21.7 Å². The van der Waals surface area contributed by atoms with Gasteiger partial charge in [-0.1, -0.05) is 180 Å². The van der Waals surface area contributed by atoms with Crippen LogP contribution in [0, 0.1) is 21.7 Å². The minimum absolute atomic E-state index is 0.0639. The first-order valence-corrected chi connectivity index (χ1v) is 27.5. The van der Waals surface area contributed by atoms with Gasteiger partial charge in [-0.25, -0.2) is 0 Å². The standard InChI is InChI=1S/C71H76N2/c1-63(2)41-65(5,6)70(13)57-39-47(31-35-59(57)72(68(70,11)43-63)49-23-17-15-18-24-49)45-29-33-53-55(37-45)51-27-21-22-28-52(51)61-54-34-30-46(38-56(54)67(9,10)62(53)61)48-32-36-60-58(40-48)71(14)66(7,8)42-64(3,4)44-69(71,12)73(60)50-25-19-16-20-26-50/h15-40H,41-44H2,1-14H3. The highest BCUT2D eigenvalue weighted by atomic mass is 15.3. The Kier molecular flexibility index (Phi) is 9.32. The molecule has 3 aliphatic carbocycles. The molecule has 2 fully saturated rings. The second kappa shape index (κ2) is 14.6. The fraction of sp³-hybridized carbons (Fsp3) is 0.380. The molecule has 0 amide bonds. The van der Waals surface area contributed by atoms with E-state index in [1.165, 1.54) is 113 Å². The summed E-state index contributed by atoms with van der Waals surface area (Å²) in [4.78, 5) is 5.44. The first kappa shape index (κ1) is 46.7. The first-order valence-electron chi connectivity index (χ1n) is 27.5. The first-order chi connectivity index (χ1) is 34.4. The van der Waals surface area contributed by atoms with Crippen LogP contribution in [0.4, 0.5) is 22.7 Å². The second-order valence-corrected chi connectivity index (χ2v) is 27.8. The molecular weight excluding hydrogens is 881 g/mol. The summed E-state index contributed by atoms with van der Waals surface area (Å²) in [6.45, 7) is 35.4. The predicted molar refractivity (Wildman–Crippen MR) is 312 cm³/mol. The predicted octanol–water partition coefficient (Wildman–Crippen LogP) is 19.7. The van der Waals surface area contributed by atoms with Crippen molar-refractivity contribution in [1.82, 2.24) is 0 Å². The zero-order valence-corrected chi connectivity index (χ0v) is 46.2. The van der Waals surface area contributed by atoms with Gasteiger partial charge in [0, 0.05) is 39.0 Å². The average molecular weight is 957 g/mol. The van der Waals surface area contributed by atoms with E-state index < -0.39 is 0 Å². The molecule has 370 valence electrons. The van der Waals surface area contributed by atoms with Crippen LogP contribution in [0.1, 0.15) is 145 Å². The molecule has 4 unspecified atom stereocenters. The van der Waals surface area contributed by atoms with Gasteiger partial charge in [0.15, 0.2) is 0 Å². The lowest BCUT2D eigenvalue weighted by atomic mass is 9.45. The minimum atomic E-state index is -0.222. The number of hydrogen-bond donors (Lipinski definition) is 0. The molecule has 4 atom stereocenters. The lowest BCUT2D eigenvalue weighted by Gasteiger charge is -2.62. The zero-order valence-electron chi connectivity index (χ0n) is 46.2. The topological polar surface area (TPSA) is 6.48 Å². The third kappa shape index (κ3) is 5.93. The summed E-state index contributed by atoms with van der Waals surface area (Å²) in [5, 5.41) is 5.37. The lowest BCUT2D eigenvalue weighted by Crippen LogP contribution is -2.65. The molecule has 2 saturated carbocycles. The van der Waals surface area contributed by atoms with Crippen molar-refractivity contribution in [2.45, 2.75) is 150 Å². The van der Waals surface area contributed by atoms with Crippen LogP contribution < -0.4 is 9.80 Å². The van der Waals surface area contributed by atoms with E-state index in [0.29, 0.717) is 0 Å². The van der Waals surface area contributed by atoms with Crippen LogP contribution in [0.15, 0.2) is 158 Å². The van der Waals surface area contributed by atoms with Crippen molar-refractivity contribution < 1.29 is 0 Å². The molecule has 2 nitrogen and oxygen atoms in total. The Hall–Kier alpha value is -6.12. The lowest BCUT2D eigenvalue weighted by molar-refractivity contribution is -0.0239.